The number of hydrogen-bond donors (Lipinski definition) is 0. The van der Waals surface area contributed by atoms with Crippen molar-refractivity contribution in [1.82, 2.24) is 0 Å². The van der Waals surface area contributed by atoms with Crippen molar-refractivity contribution in [2.24, 2.45) is 0 Å². The molecule has 1 nitrogen and oxygen atoms in total. The van der Waals surface area contributed by atoms with Crippen molar-refractivity contribution in [3.05, 3.63) is 115 Å². The van der Waals surface area contributed by atoms with Crippen LogP contribution >= 0.6 is 15.7 Å². The first-order valence-corrected chi connectivity index (χ1v) is 12.5. The van der Waals surface area contributed by atoms with Crippen LogP contribution in [0.3, 0.4) is 0 Å². The standard InChI is InChI=1S/C24H19F3OP2/c25-30(26,27,22-16-8-3-9-17-22)28-23-18-10-11-19-24(23)29(20-12-4-1-5-13-20)21-14-6-2-7-15-21/h1-19H. The van der Waals surface area contributed by atoms with Crippen LogP contribution < -0.4 is 25.7 Å². The van der Waals surface area contributed by atoms with E-state index in [0.29, 0.717) is 5.30 Å². The van der Waals surface area contributed by atoms with Crippen molar-refractivity contribution in [2.45, 2.75) is 0 Å². The summed E-state index contributed by atoms with van der Waals surface area (Å²) in [6.07, 6.45) is 0. The molecule has 30 heavy (non-hydrogen) atoms. The van der Waals surface area contributed by atoms with E-state index in [9.17, 15) is 0 Å². The molecule has 4 rings (SSSR count). The Morgan fingerprint density at radius 1 is 0.533 bits per heavy atom. The van der Waals surface area contributed by atoms with E-state index >= 15 is 12.6 Å². The number of hydrogen-bond acceptors (Lipinski definition) is 1. The van der Waals surface area contributed by atoms with Crippen molar-refractivity contribution in [3.63, 3.8) is 0 Å². The Labute approximate surface area is 175 Å². The van der Waals surface area contributed by atoms with Crippen molar-refractivity contribution in [1.29, 1.82) is 0 Å². The van der Waals surface area contributed by atoms with Gasteiger partial charge in [0.2, 0.25) is 0 Å². The Kier molecular flexibility index (Phi) is 5.64. The molecule has 0 bridgehead atoms. The normalized spacial score (nSPS) is 12.9. The van der Waals surface area contributed by atoms with Crippen LogP contribution in [-0.4, -0.2) is 0 Å². The maximum absolute atomic E-state index is 15.0. The molecule has 0 unspecified atom stereocenters. The van der Waals surface area contributed by atoms with Crippen molar-refractivity contribution >= 4 is 36.9 Å². The van der Waals surface area contributed by atoms with E-state index in [1.54, 1.807) is 24.3 Å². The minimum absolute atomic E-state index is 0.134. The van der Waals surface area contributed by atoms with Gasteiger partial charge in [-0.3, -0.25) is 0 Å². The summed E-state index contributed by atoms with van der Waals surface area (Å²) < 4.78 is 50.1. The van der Waals surface area contributed by atoms with Crippen molar-refractivity contribution < 1.29 is 17.1 Å². The molecule has 0 saturated heterocycles. The van der Waals surface area contributed by atoms with Gasteiger partial charge in [-0.1, -0.05) is 0 Å². The monoisotopic (exact) mass is 442 g/mol. The number of rotatable bonds is 6. The Balaban J connectivity index is 1.84. The van der Waals surface area contributed by atoms with E-state index < -0.39 is 21.0 Å². The number of benzene rings is 4. The van der Waals surface area contributed by atoms with E-state index in [1.165, 1.54) is 18.2 Å². The first-order valence-electron chi connectivity index (χ1n) is 9.35. The first-order chi connectivity index (χ1) is 14.4. The molecule has 0 aliphatic rings. The summed E-state index contributed by atoms with van der Waals surface area (Å²) in [6.45, 7) is 0. The fraction of sp³-hybridized carbons (Fsp3) is 0. The Bertz CT molecular complexity index is 1080. The van der Waals surface area contributed by atoms with Crippen LogP contribution in [0.15, 0.2) is 115 Å². The van der Waals surface area contributed by atoms with Crippen LogP contribution in [0.5, 0.6) is 5.75 Å². The molecule has 0 aliphatic heterocycles. The molecule has 0 N–H and O–H groups in total. The fourth-order valence-electron chi connectivity index (χ4n) is 3.17. The van der Waals surface area contributed by atoms with Crippen molar-refractivity contribution in [2.75, 3.05) is 0 Å². The second-order valence-corrected chi connectivity index (χ2v) is 11.0. The molecule has 6 heteroatoms. The van der Waals surface area contributed by atoms with Crippen LogP contribution in [0.2, 0.25) is 0 Å². The first kappa shape index (κ1) is 20.6. The third-order valence-corrected chi connectivity index (χ3v) is 8.61. The molecule has 0 aromatic heterocycles. The summed E-state index contributed by atoms with van der Waals surface area (Å²) in [6, 6.07) is 32.2. The quantitative estimate of drug-likeness (QED) is 0.320. The second-order valence-electron chi connectivity index (χ2n) is 6.64. The molecule has 0 radical (unpaired) electrons. The molecule has 0 amide bonds. The Morgan fingerprint density at radius 3 is 1.50 bits per heavy atom. The van der Waals surface area contributed by atoms with Gasteiger partial charge < -0.3 is 0 Å². The molecular formula is C24H19F3OP2. The summed E-state index contributed by atoms with van der Waals surface area (Å²) in [4.78, 5) is 0. The van der Waals surface area contributed by atoms with E-state index in [1.807, 2.05) is 60.7 Å². The zero-order chi connectivity index (χ0) is 21.1. The van der Waals surface area contributed by atoms with Gasteiger partial charge in [0.25, 0.3) is 0 Å². The summed E-state index contributed by atoms with van der Waals surface area (Å²) >= 11 is 0. The molecule has 0 heterocycles. The number of halogens is 3. The molecule has 0 spiro atoms. The van der Waals surface area contributed by atoms with Crippen LogP contribution in [-0.2, 0) is 0 Å². The van der Waals surface area contributed by atoms with Crippen LogP contribution in [0, 0.1) is 0 Å². The van der Waals surface area contributed by atoms with Gasteiger partial charge in [0.1, 0.15) is 0 Å². The molecule has 0 saturated carbocycles. The van der Waals surface area contributed by atoms with Crippen molar-refractivity contribution in [3.8, 4) is 5.75 Å². The van der Waals surface area contributed by atoms with E-state index in [-0.39, 0.29) is 5.75 Å². The zero-order valence-corrected chi connectivity index (χ0v) is 17.7. The predicted molar refractivity (Wildman–Crippen MR) is 122 cm³/mol. The van der Waals surface area contributed by atoms with Gasteiger partial charge in [-0.25, -0.2) is 0 Å². The van der Waals surface area contributed by atoms with Gasteiger partial charge in [0.15, 0.2) is 0 Å². The third-order valence-electron chi connectivity index (χ3n) is 4.54. The summed E-state index contributed by atoms with van der Waals surface area (Å²) in [5, 5.41) is 1.75. The average molecular weight is 442 g/mol. The van der Waals surface area contributed by atoms with Gasteiger partial charge in [-0.15, -0.1) is 0 Å². The topological polar surface area (TPSA) is 9.23 Å². The molecule has 4 aromatic rings. The van der Waals surface area contributed by atoms with Crippen LogP contribution in [0.1, 0.15) is 0 Å². The molecular weight excluding hydrogens is 423 g/mol. The average Bonchev–Trinajstić information content (AvgIpc) is 2.77. The number of para-hydroxylation sites is 1. The van der Waals surface area contributed by atoms with E-state index in [4.69, 9.17) is 4.52 Å². The fourth-order valence-corrected chi connectivity index (χ4v) is 6.83. The Hall–Kier alpha value is -2.67. The minimum atomic E-state index is -7.08. The molecule has 0 atom stereocenters. The van der Waals surface area contributed by atoms with Crippen LogP contribution in [0.25, 0.3) is 0 Å². The van der Waals surface area contributed by atoms with Gasteiger partial charge in [0, 0.05) is 0 Å². The molecule has 0 aliphatic carbocycles. The zero-order valence-electron chi connectivity index (χ0n) is 15.9. The van der Waals surface area contributed by atoms with Gasteiger partial charge in [-0.05, 0) is 0 Å². The molecule has 152 valence electrons. The predicted octanol–water partition coefficient (Wildman–Crippen LogP) is 6.27. The summed E-state index contributed by atoms with van der Waals surface area (Å²) in [5.41, 5.74) is 0. The molecule has 4 aromatic carbocycles. The Morgan fingerprint density at radius 2 is 0.967 bits per heavy atom. The maximum atomic E-state index is 15.0. The SMILES string of the molecule is FP(F)(F)(Oc1ccccc1P(c1ccccc1)c1ccccc1)c1ccccc1. The van der Waals surface area contributed by atoms with E-state index in [2.05, 4.69) is 0 Å². The summed E-state index contributed by atoms with van der Waals surface area (Å²) in [7, 11) is -8.29. The van der Waals surface area contributed by atoms with Gasteiger partial charge in [0.05, 0.1) is 0 Å². The third kappa shape index (κ3) is 4.41. The van der Waals surface area contributed by atoms with E-state index in [0.717, 1.165) is 22.7 Å². The van der Waals surface area contributed by atoms with Crippen LogP contribution in [0.4, 0.5) is 12.6 Å². The van der Waals surface area contributed by atoms with Gasteiger partial charge in [-0.2, -0.15) is 0 Å². The van der Waals surface area contributed by atoms with Gasteiger partial charge >= 0.3 is 175 Å². The molecule has 0 fully saturated rings. The second kappa shape index (κ2) is 8.22. The summed E-state index contributed by atoms with van der Waals surface area (Å²) in [5.74, 6) is -0.134.